The quantitative estimate of drug-likeness (QED) is 0.878. The molecule has 0 spiro atoms. The van der Waals surface area contributed by atoms with Gasteiger partial charge in [0.15, 0.2) is 0 Å². The molecule has 0 unspecified atom stereocenters. The first kappa shape index (κ1) is 15.1. The number of aryl methyl sites for hydroxylation is 1. The zero-order valence-corrected chi connectivity index (χ0v) is 12.8. The Morgan fingerprint density at radius 1 is 1.14 bits per heavy atom. The van der Waals surface area contributed by atoms with Gasteiger partial charge in [-0.05, 0) is 43.1 Å². The molecule has 0 bridgehead atoms. The molecule has 1 aromatic carbocycles. The van der Waals surface area contributed by atoms with E-state index in [1.165, 1.54) is 5.56 Å². The van der Waals surface area contributed by atoms with Crippen molar-refractivity contribution in [1.82, 2.24) is 4.90 Å². The summed E-state index contributed by atoms with van der Waals surface area (Å²) < 4.78 is 0. The van der Waals surface area contributed by atoms with Crippen LogP contribution in [0.5, 0.6) is 0 Å². The number of carboxylic acid groups (broad SMARTS) is 1. The molecule has 1 aliphatic heterocycles. The van der Waals surface area contributed by atoms with Crippen LogP contribution in [0.15, 0.2) is 30.3 Å². The third-order valence-electron chi connectivity index (χ3n) is 4.96. The minimum Gasteiger partial charge on any atom is -0.481 e. The molecule has 0 aromatic heterocycles. The highest BCUT2D eigenvalue weighted by Gasteiger charge is 2.46. The number of aliphatic carboxylic acids is 1. The minimum absolute atomic E-state index is 0.116. The van der Waals surface area contributed by atoms with Crippen molar-refractivity contribution in [2.45, 2.75) is 32.1 Å². The molecule has 1 saturated heterocycles. The van der Waals surface area contributed by atoms with Crippen LogP contribution < -0.4 is 0 Å². The van der Waals surface area contributed by atoms with Crippen molar-refractivity contribution in [3.8, 4) is 0 Å². The van der Waals surface area contributed by atoms with Gasteiger partial charge in [0, 0.05) is 19.5 Å². The Hall–Kier alpha value is -1.84. The van der Waals surface area contributed by atoms with E-state index in [2.05, 4.69) is 12.1 Å². The average Bonchev–Trinajstić information content (AvgIpc) is 3.26. The van der Waals surface area contributed by atoms with Gasteiger partial charge in [-0.2, -0.15) is 0 Å². The minimum atomic E-state index is -0.739. The van der Waals surface area contributed by atoms with Crippen molar-refractivity contribution in [3.05, 3.63) is 35.9 Å². The van der Waals surface area contributed by atoms with Gasteiger partial charge < -0.3 is 10.0 Å². The molecule has 1 N–H and O–H groups in total. The summed E-state index contributed by atoms with van der Waals surface area (Å²) in [5.74, 6) is -0.272. The number of benzene rings is 1. The van der Waals surface area contributed by atoms with Gasteiger partial charge in [0.05, 0.1) is 5.92 Å². The summed E-state index contributed by atoms with van der Waals surface area (Å²) in [6.07, 6.45) is 4.49. The number of carboxylic acids is 1. The van der Waals surface area contributed by atoms with E-state index in [1.807, 2.05) is 18.2 Å². The van der Waals surface area contributed by atoms with E-state index >= 15 is 0 Å². The number of amides is 1. The third-order valence-corrected chi connectivity index (χ3v) is 4.96. The van der Waals surface area contributed by atoms with Crippen molar-refractivity contribution < 1.29 is 14.7 Å². The van der Waals surface area contributed by atoms with Gasteiger partial charge >= 0.3 is 5.97 Å². The molecule has 3 rings (SSSR count). The molecule has 22 heavy (non-hydrogen) atoms. The van der Waals surface area contributed by atoms with Crippen molar-refractivity contribution in [3.63, 3.8) is 0 Å². The van der Waals surface area contributed by atoms with E-state index in [0.29, 0.717) is 25.4 Å². The van der Waals surface area contributed by atoms with E-state index in [-0.39, 0.29) is 17.7 Å². The molecule has 118 valence electrons. The summed E-state index contributed by atoms with van der Waals surface area (Å²) in [5.41, 5.74) is 1.25. The second kappa shape index (κ2) is 6.51. The first-order valence-corrected chi connectivity index (χ1v) is 8.19. The third kappa shape index (κ3) is 3.49. The summed E-state index contributed by atoms with van der Waals surface area (Å²) in [5, 5.41) is 9.35. The standard InChI is InChI=1S/C18H23NO3/c20-17(8-4-7-13-5-2-1-3-6-13)19-11-15(14-9-10-14)16(12-19)18(21)22/h1-3,5-6,14-16H,4,7-12H2,(H,21,22)/t15-,16+/m0/s1. The van der Waals surface area contributed by atoms with Crippen LogP contribution in [-0.2, 0) is 16.0 Å². The molecule has 2 atom stereocenters. The Labute approximate surface area is 131 Å². The number of carbonyl (C=O) groups is 2. The number of hydrogen-bond donors (Lipinski definition) is 1. The fourth-order valence-electron chi connectivity index (χ4n) is 3.54. The predicted molar refractivity (Wildman–Crippen MR) is 83.3 cm³/mol. The molecular weight excluding hydrogens is 278 g/mol. The first-order chi connectivity index (χ1) is 10.6. The fraction of sp³-hybridized carbons (Fsp3) is 0.556. The van der Waals surface area contributed by atoms with Crippen LogP contribution in [0.1, 0.15) is 31.2 Å². The van der Waals surface area contributed by atoms with Crippen LogP contribution in [-0.4, -0.2) is 35.0 Å². The predicted octanol–water partition coefficient (Wildman–Crippen LogP) is 2.58. The molecule has 4 nitrogen and oxygen atoms in total. The van der Waals surface area contributed by atoms with Crippen molar-refractivity contribution in [1.29, 1.82) is 0 Å². The van der Waals surface area contributed by atoms with E-state index in [4.69, 9.17) is 0 Å². The summed E-state index contributed by atoms with van der Waals surface area (Å²) in [7, 11) is 0. The summed E-state index contributed by atoms with van der Waals surface area (Å²) >= 11 is 0. The molecule has 1 saturated carbocycles. The van der Waals surface area contributed by atoms with Gasteiger partial charge in [0.2, 0.25) is 5.91 Å². The SMILES string of the molecule is O=C(O)[C@@H]1CN(C(=O)CCCc2ccccc2)C[C@H]1C1CC1. The van der Waals surface area contributed by atoms with Crippen molar-refractivity contribution >= 4 is 11.9 Å². The van der Waals surface area contributed by atoms with Gasteiger partial charge in [0.25, 0.3) is 0 Å². The lowest BCUT2D eigenvalue weighted by molar-refractivity contribution is -0.142. The van der Waals surface area contributed by atoms with Crippen LogP contribution in [0, 0.1) is 17.8 Å². The second-order valence-electron chi connectivity index (χ2n) is 6.58. The number of carbonyl (C=O) groups excluding carboxylic acids is 1. The molecular formula is C18H23NO3. The van der Waals surface area contributed by atoms with Gasteiger partial charge in [0.1, 0.15) is 0 Å². The topological polar surface area (TPSA) is 57.6 Å². The lowest BCUT2D eigenvalue weighted by Crippen LogP contribution is -2.29. The number of likely N-dealkylation sites (tertiary alicyclic amines) is 1. The molecule has 1 aromatic rings. The van der Waals surface area contributed by atoms with Crippen molar-refractivity contribution in [2.24, 2.45) is 17.8 Å². The Balaban J connectivity index is 1.49. The zero-order chi connectivity index (χ0) is 15.5. The summed E-state index contributed by atoms with van der Waals surface area (Å²) in [6, 6.07) is 10.2. The largest absolute Gasteiger partial charge is 0.481 e. The van der Waals surface area contributed by atoms with Crippen LogP contribution in [0.2, 0.25) is 0 Å². The Morgan fingerprint density at radius 3 is 2.50 bits per heavy atom. The number of nitrogens with zero attached hydrogens (tertiary/aromatic N) is 1. The van der Waals surface area contributed by atoms with Gasteiger partial charge in [-0.25, -0.2) is 0 Å². The molecule has 1 aliphatic carbocycles. The maximum Gasteiger partial charge on any atom is 0.308 e. The van der Waals surface area contributed by atoms with Crippen LogP contribution >= 0.6 is 0 Å². The van der Waals surface area contributed by atoms with Crippen LogP contribution in [0.3, 0.4) is 0 Å². The smallest absolute Gasteiger partial charge is 0.308 e. The monoisotopic (exact) mass is 301 g/mol. The normalized spacial score (nSPS) is 24.5. The molecule has 2 fully saturated rings. The van der Waals surface area contributed by atoms with Gasteiger partial charge in [-0.1, -0.05) is 30.3 Å². The molecule has 0 radical (unpaired) electrons. The highest BCUT2D eigenvalue weighted by molar-refractivity contribution is 5.79. The lowest BCUT2D eigenvalue weighted by Gasteiger charge is -2.16. The highest BCUT2D eigenvalue weighted by Crippen LogP contribution is 2.44. The molecule has 1 amide bonds. The maximum atomic E-state index is 12.3. The Kier molecular flexibility index (Phi) is 4.46. The van der Waals surface area contributed by atoms with Gasteiger partial charge in [-0.3, -0.25) is 9.59 Å². The highest BCUT2D eigenvalue weighted by atomic mass is 16.4. The summed E-state index contributed by atoms with van der Waals surface area (Å²) in [4.78, 5) is 25.5. The number of hydrogen-bond acceptors (Lipinski definition) is 2. The van der Waals surface area contributed by atoms with Gasteiger partial charge in [-0.15, -0.1) is 0 Å². The van der Waals surface area contributed by atoms with E-state index in [0.717, 1.165) is 25.7 Å². The first-order valence-electron chi connectivity index (χ1n) is 8.19. The van der Waals surface area contributed by atoms with E-state index < -0.39 is 5.97 Å². The lowest BCUT2D eigenvalue weighted by atomic mass is 9.92. The Morgan fingerprint density at radius 2 is 1.86 bits per heavy atom. The second-order valence-corrected chi connectivity index (χ2v) is 6.58. The average molecular weight is 301 g/mol. The maximum absolute atomic E-state index is 12.3. The molecule has 1 heterocycles. The zero-order valence-electron chi connectivity index (χ0n) is 12.8. The number of rotatable bonds is 6. The fourth-order valence-corrected chi connectivity index (χ4v) is 3.54. The Bertz CT molecular complexity index is 539. The van der Waals surface area contributed by atoms with Crippen LogP contribution in [0.25, 0.3) is 0 Å². The summed E-state index contributed by atoms with van der Waals surface area (Å²) in [6.45, 7) is 1.05. The van der Waals surface area contributed by atoms with Crippen molar-refractivity contribution in [2.75, 3.05) is 13.1 Å². The van der Waals surface area contributed by atoms with E-state index in [1.54, 1.807) is 4.90 Å². The van der Waals surface area contributed by atoms with E-state index in [9.17, 15) is 14.7 Å². The molecule has 4 heteroatoms. The molecule has 2 aliphatic rings. The van der Waals surface area contributed by atoms with Crippen LogP contribution in [0.4, 0.5) is 0 Å².